The Bertz CT molecular complexity index is 714. The summed E-state index contributed by atoms with van der Waals surface area (Å²) in [7, 11) is 0. The molecule has 0 saturated carbocycles. The third-order valence-corrected chi connectivity index (χ3v) is 4.44. The summed E-state index contributed by atoms with van der Waals surface area (Å²) in [5, 5.41) is 11.4. The van der Waals surface area contributed by atoms with E-state index in [1.807, 2.05) is 12.2 Å². The smallest absolute Gasteiger partial charge is 0.422 e. The van der Waals surface area contributed by atoms with Gasteiger partial charge in [-0.25, -0.2) is 14.8 Å². The van der Waals surface area contributed by atoms with Crippen LogP contribution in [0.2, 0.25) is 0 Å². The highest BCUT2D eigenvalue weighted by Crippen LogP contribution is 2.37. The van der Waals surface area contributed by atoms with E-state index in [-0.39, 0.29) is 5.82 Å². The molecule has 0 amide bonds. The normalized spacial score (nSPS) is 15.0. The number of halogens is 3. The number of nitrogens with one attached hydrogen (secondary N) is 1. The summed E-state index contributed by atoms with van der Waals surface area (Å²) in [6.45, 7) is 4.11. The van der Waals surface area contributed by atoms with Gasteiger partial charge in [0.05, 0.1) is 5.39 Å². The number of carboxylic acids is 1. The van der Waals surface area contributed by atoms with E-state index in [4.69, 9.17) is 5.11 Å². The van der Waals surface area contributed by atoms with E-state index in [1.54, 1.807) is 6.92 Å². The van der Waals surface area contributed by atoms with E-state index in [9.17, 15) is 18.0 Å². The minimum absolute atomic E-state index is 0.135. The highest BCUT2D eigenvalue weighted by atomic mass is 32.1. The van der Waals surface area contributed by atoms with Gasteiger partial charge in [-0.3, -0.25) is 0 Å². The molecule has 9 heteroatoms. The maximum Gasteiger partial charge on any atom is 0.422 e. The van der Waals surface area contributed by atoms with Crippen LogP contribution >= 0.6 is 11.3 Å². The van der Waals surface area contributed by atoms with Crippen LogP contribution in [-0.2, 0) is 4.79 Å². The second-order valence-electron chi connectivity index (χ2n) is 4.74. The van der Waals surface area contributed by atoms with Crippen LogP contribution in [0.3, 0.4) is 0 Å². The van der Waals surface area contributed by atoms with Crippen molar-refractivity contribution >= 4 is 33.3 Å². The Labute approximate surface area is 121 Å². The number of aliphatic carboxylic acids is 1. The first-order valence-electron chi connectivity index (χ1n) is 5.87. The molecular weight excluding hydrogens is 307 g/mol. The van der Waals surface area contributed by atoms with Gasteiger partial charge in [0.15, 0.2) is 0 Å². The van der Waals surface area contributed by atoms with Gasteiger partial charge in [0.1, 0.15) is 17.0 Å². The van der Waals surface area contributed by atoms with Crippen LogP contribution in [0.25, 0.3) is 10.2 Å². The van der Waals surface area contributed by atoms with Gasteiger partial charge in [-0.05, 0) is 26.3 Å². The van der Waals surface area contributed by atoms with Crippen molar-refractivity contribution in [1.29, 1.82) is 0 Å². The van der Waals surface area contributed by atoms with Crippen LogP contribution in [0.1, 0.15) is 17.4 Å². The minimum Gasteiger partial charge on any atom is -0.479 e. The Hall–Kier alpha value is -1.90. The zero-order chi connectivity index (χ0) is 16.0. The zero-order valence-electron chi connectivity index (χ0n) is 11.4. The molecule has 0 radical (unpaired) electrons. The van der Waals surface area contributed by atoms with E-state index in [1.165, 1.54) is 11.3 Å². The van der Waals surface area contributed by atoms with Crippen molar-refractivity contribution in [2.24, 2.45) is 0 Å². The standard InChI is InChI=1S/C12H12F3N3O2S/c1-5-6(2)21-9-7(5)8(16-4-17-9)18-11(3,10(19)20)12(13,14)15/h4H,1-3H3,(H,19,20)(H,16,17,18). The molecule has 1 unspecified atom stereocenters. The number of aryl methyl sites for hydroxylation is 2. The molecule has 0 spiro atoms. The fourth-order valence-electron chi connectivity index (χ4n) is 1.76. The van der Waals surface area contributed by atoms with E-state index in [2.05, 4.69) is 9.97 Å². The van der Waals surface area contributed by atoms with Crippen LogP contribution in [0.4, 0.5) is 19.0 Å². The maximum atomic E-state index is 13.1. The van der Waals surface area contributed by atoms with Crippen LogP contribution < -0.4 is 5.32 Å². The van der Waals surface area contributed by atoms with Crippen molar-refractivity contribution in [1.82, 2.24) is 9.97 Å². The Balaban J connectivity index is 2.60. The number of carboxylic acid groups (broad SMARTS) is 1. The Morgan fingerprint density at radius 2 is 1.95 bits per heavy atom. The number of nitrogens with zero attached hydrogens (tertiary/aromatic N) is 2. The van der Waals surface area contributed by atoms with E-state index in [0.29, 0.717) is 17.1 Å². The monoisotopic (exact) mass is 319 g/mol. The number of hydrogen-bond donors (Lipinski definition) is 2. The fourth-order valence-corrected chi connectivity index (χ4v) is 2.76. The second-order valence-corrected chi connectivity index (χ2v) is 5.94. The number of carbonyl (C=O) groups is 1. The average molecular weight is 319 g/mol. The molecule has 2 N–H and O–H groups in total. The molecule has 2 rings (SSSR count). The van der Waals surface area contributed by atoms with Crippen LogP contribution in [-0.4, -0.2) is 32.8 Å². The molecule has 0 fully saturated rings. The molecule has 0 aliphatic heterocycles. The van der Waals surface area contributed by atoms with Crippen molar-refractivity contribution < 1.29 is 23.1 Å². The largest absolute Gasteiger partial charge is 0.479 e. The van der Waals surface area contributed by atoms with Crippen molar-refractivity contribution in [2.75, 3.05) is 5.32 Å². The Kier molecular flexibility index (Phi) is 3.56. The maximum absolute atomic E-state index is 13.1. The zero-order valence-corrected chi connectivity index (χ0v) is 12.2. The summed E-state index contributed by atoms with van der Waals surface area (Å²) in [5.74, 6) is -2.16. The summed E-state index contributed by atoms with van der Waals surface area (Å²) < 4.78 is 39.2. The first-order valence-corrected chi connectivity index (χ1v) is 6.68. The molecule has 2 aromatic heterocycles. The van der Waals surface area contributed by atoms with E-state index in [0.717, 1.165) is 16.8 Å². The highest BCUT2D eigenvalue weighted by molar-refractivity contribution is 7.18. The second kappa shape index (κ2) is 4.83. The van der Waals surface area contributed by atoms with Crippen molar-refractivity contribution in [3.63, 3.8) is 0 Å². The Morgan fingerprint density at radius 3 is 2.48 bits per heavy atom. The van der Waals surface area contributed by atoms with Gasteiger partial charge in [-0.1, -0.05) is 0 Å². The molecule has 0 aliphatic carbocycles. The number of rotatable bonds is 3. The molecule has 0 saturated heterocycles. The minimum atomic E-state index is -4.98. The fraction of sp³-hybridized carbons (Fsp3) is 0.417. The van der Waals surface area contributed by atoms with Crippen molar-refractivity contribution in [3.05, 3.63) is 16.8 Å². The van der Waals surface area contributed by atoms with Gasteiger partial charge in [0.25, 0.3) is 0 Å². The predicted octanol–water partition coefficient (Wildman–Crippen LogP) is 3.13. The molecule has 21 heavy (non-hydrogen) atoms. The summed E-state index contributed by atoms with van der Waals surface area (Å²) in [6.07, 6.45) is -3.87. The molecule has 2 heterocycles. The number of thiophene rings is 1. The molecule has 0 aliphatic rings. The van der Waals surface area contributed by atoms with Crippen molar-refractivity contribution in [3.8, 4) is 0 Å². The van der Waals surface area contributed by atoms with Gasteiger partial charge in [-0.15, -0.1) is 11.3 Å². The summed E-state index contributed by atoms with van der Waals surface area (Å²) in [5.41, 5.74) is -2.40. The topological polar surface area (TPSA) is 75.1 Å². The lowest BCUT2D eigenvalue weighted by molar-refractivity contribution is -0.192. The third kappa shape index (κ3) is 2.41. The number of anilines is 1. The molecule has 0 aromatic carbocycles. The number of alkyl halides is 3. The predicted molar refractivity (Wildman–Crippen MR) is 72.6 cm³/mol. The van der Waals surface area contributed by atoms with Gasteiger partial charge in [0, 0.05) is 4.88 Å². The summed E-state index contributed by atoms with van der Waals surface area (Å²) >= 11 is 1.32. The molecule has 2 aromatic rings. The van der Waals surface area contributed by atoms with Gasteiger partial charge >= 0.3 is 12.1 Å². The van der Waals surface area contributed by atoms with Gasteiger partial charge in [-0.2, -0.15) is 13.2 Å². The molecule has 1 atom stereocenters. The quantitative estimate of drug-likeness (QED) is 0.909. The lowest BCUT2D eigenvalue weighted by atomic mass is 10.0. The third-order valence-electron chi connectivity index (χ3n) is 3.33. The summed E-state index contributed by atoms with van der Waals surface area (Å²) in [6, 6.07) is 0. The molecule has 0 bridgehead atoms. The Morgan fingerprint density at radius 1 is 1.33 bits per heavy atom. The lowest BCUT2D eigenvalue weighted by Crippen LogP contribution is -2.55. The molecular formula is C12H12F3N3O2S. The van der Waals surface area contributed by atoms with Crippen LogP contribution in [0.15, 0.2) is 6.33 Å². The molecule has 114 valence electrons. The molecule has 5 nitrogen and oxygen atoms in total. The SMILES string of the molecule is Cc1sc2ncnc(NC(C)(C(=O)O)C(F)(F)F)c2c1C. The lowest BCUT2D eigenvalue weighted by Gasteiger charge is -2.29. The first-order chi connectivity index (χ1) is 9.58. The van der Waals surface area contributed by atoms with Crippen molar-refractivity contribution in [2.45, 2.75) is 32.5 Å². The average Bonchev–Trinajstić information content (AvgIpc) is 2.64. The number of hydrogen-bond acceptors (Lipinski definition) is 5. The van der Waals surface area contributed by atoms with Gasteiger partial charge in [0.2, 0.25) is 5.54 Å². The number of fused-ring (bicyclic) bond motifs is 1. The van der Waals surface area contributed by atoms with Crippen LogP contribution in [0.5, 0.6) is 0 Å². The van der Waals surface area contributed by atoms with Crippen LogP contribution in [0, 0.1) is 13.8 Å². The highest BCUT2D eigenvalue weighted by Gasteiger charge is 2.58. The number of aromatic nitrogens is 2. The van der Waals surface area contributed by atoms with Gasteiger partial charge < -0.3 is 10.4 Å². The van der Waals surface area contributed by atoms with E-state index >= 15 is 0 Å². The first kappa shape index (κ1) is 15.5. The van der Waals surface area contributed by atoms with E-state index < -0.39 is 17.7 Å². The summed E-state index contributed by atoms with van der Waals surface area (Å²) in [4.78, 5) is 20.3.